The van der Waals surface area contributed by atoms with E-state index < -0.39 is 21.8 Å². The minimum Gasteiger partial charge on any atom is -0.465 e. The van der Waals surface area contributed by atoms with E-state index in [4.69, 9.17) is 23.2 Å². The highest BCUT2D eigenvalue weighted by molar-refractivity contribution is 7.91. The predicted molar refractivity (Wildman–Crippen MR) is 146 cm³/mol. The topological polar surface area (TPSA) is 107 Å². The lowest BCUT2D eigenvalue weighted by molar-refractivity contribution is 0.0948. The number of carbonyl (C=O) groups excluding carboxylic acids is 1. The van der Waals surface area contributed by atoms with Gasteiger partial charge in [-0.05, 0) is 66.4 Å². The van der Waals surface area contributed by atoms with Crippen molar-refractivity contribution >= 4 is 51.1 Å². The number of likely N-dealkylation sites (tertiary alicyclic amines) is 1. The average Bonchev–Trinajstić information content (AvgIpc) is 2.87. The zero-order valence-electron chi connectivity index (χ0n) is 20.8. The normalized spacial score (nSPS) is 16.3. The minimum absolute atomic E-state index is 0.0248. The van der Waals surface area contributed by atoms with Gasteiger partial charge in [0.05, 0.1) is 10.6 Å². The summed E-state index contributed by atoms with van der Waals surface area (Å²) in [5, 5.41) is 12.8. The van der Waals surface area contributed by atoms with Crippen LogP contribution in [-0.2, 0) is 22.9 Å². The monoisotopic (exact) mass is 567 g/mol. The second-order valence-corrected chi connectivity index (χ2v) is 12.1. The fourth-order valence-electron chi connectivity index (χ4n) is 4.43. The molecule has 2 N–H and O–H groups in total. The van der Waals surface area contributed by atoms with Crippen molar-refractivity contribution in [2.45, 2.75) is 43.8 Å². The van der Waals surface area contributed by atoms with Crippen LogP contribution < -0.4 is 5.32 Å². The molecule has 11 heteroatoms. The molecule has 3 rings (SSSR count). The summed E-state index contributed by atoms with van der Waals surface area (Å²) >= 11 is 12.7. The van der Waals surface area contributed by atoms with Crippen molar-refractivity contribution in [3.8, 4) is 0 Å². The Balaban J connectivity index is 1.77. The molecule has 2 aromatic carbocycles. The standard InChI is InChI=1S/C26H31Cl2N3O5S/c1-4-17-11-18(25(32)29-14-19-12-20(27)8-9-24(19)37(35,36)5-2)13-23(28)22(17)16-31-10-6-7-21(15-31)30(3)26(33)34/h4,8-9,11-13,21H,1,5-7,10,14-16H2,2-3H3,(H,29,32)(H,33,34)/t21-/m0/s1. The lowest BCUT2D eigenvalue weighted by Gasteiger charge is -2.36. The van der Waals surface area contributed by atoms with Gasteiger partial charge in [-0.2, -0.15) is 0 Å². The molecule has 8 nitrogen and oxygen atoms in total. The van der Waals surface area contributed by atoms with Crippen molar-refractivity contribution in [1.82, 2.24) is 15.1 Å². The van der Waals surface area contributed by atoms with Crippen molar-refractivity contribution in [1.29, 1.82) is 0 Å². The summed E-state index contributed by atoms with van der Waals surface area (Å²) in [6, 6.07) is 7.65. The van der Waals surface area contributed by atoms with Crippen LogP contribution in [-0.4, -0.2) is 67.3 Å². The van der Waals surface area contributed by atoms with E-state index in [1.165, 1.54) is 23.1 Å². The number of nitrogens with one attached hydrogen (secondary N) is 1. The number of piperidine rings is 1. The van der Waals surface area contributed by atoms with Gasteiger partial charge in [-0.25, -0.2) is 13.2 Å². The Morgan fingerprint density at radius 1 is 1.27 bits per heavy atom. The van der Waals surface area contributed by atoms with Crippen molar-refractivity contribution in [2.75, 3.05) is 25.9 Å². The lowest BCUT2D eigenvalue weighted by atomic mass is 10.00. The minimum atomic E-state index is -3.49. The molecule has 1 atom stereocenters. The van der Waals surface area contributed by atoms with Gasteiger partial charge in [-0.15, -0.1) is 0 Å². The molecule has 0 unspecified atom stereocenters. The Bertz CT molecular complexity index is 1300. The molecule has 1 aliphatic heterocycles. The zero-order chi connectivity index (χ0) is 27.3. The van der Waals surface area contributed by atoms with Gasteiger partial charge in [0.2, 0.25) is 0 Å². The van der Waals surface area contributed by atoms with E-state index in [1.807, 2.05) is 0 Å². The van der Waals surface area contributed by atoms with Crippen LogP contribution in [0.2, 0.25) is 10.0 Å². The van der Waals surface area contributed by atoms with Gasteiger partial charge < -0.3 is 15.3 Å². The van der Waals surface area contributed by atoms with Crippen molar-refractivity contribution < 1.29 is 23.1 Å². The first-order valence-electron chi connectivity index (χ1n) is 11.9. The molecule has 0 aromatic heterocycles. The van der Waals surface area contributed by atoms with E-state index in [9.17, 15) is 23.1 Å². The van der Waals surface area contributed by atoms with Gasteiger partial charge in [0.1, 0.15) is 0 Å². The molecule has 1 heterocycles. The van der Waals surface area contributed by atoms with Crippen LogP contribution in [0.15, 0.2) is 41.8 Å². The average molecular weight is 569 g/mol. The molecule has 1 aliphatic rings. The Morgan fingerprint density at radius 2 is 2.00 bits per heavy atom. The number of halogens is 2. The van der Waals surface area contributed by atoms with Crippen LogP contribution >= 0.6 is 23.2 Å². The number of hydrogen-bond donors (Lipinski definition) is 2. The van der Waals surface area contributed by atoms with Crippen LogP contribution in [0, 0.1) is 0 Å². The zero-order valence-corrected chi connectivity index (χ0v) is 23.2. The third kappa shape index (κ3) is 7.04. The van der Waals surface area contributed by atoms with E-state index in [1.54, 1.807) is 32.2 Å². The smallest absolute Gasteiger partial charge is 0.407 e. The number of amides is 2. The maximum Gasteiger partial charge on any atom is 0.407 e. The van der Waals surface area contributed by atoms with E-state index in [-0.39, 0.29) is 23.2 Å². The molecule has 2 amide bonds. The highest BCUT2D eigenvalue weighted by Crippen LogP contribution is 2.28. The largest absolute Gasteiger partial charge is 0.465 e. The van der Waals surface area contributed by atoms with E-state index >= 15 is 0 Å². The number of likely N-dealkylation sites (N-methyl/N-ethyl adjacent to an activating group) is 1. The van der Waals surface area contributed by atoms with Gasteiger partial charge in [0.15, 0.2) is 9.84 Å². The van der Waals surface area contributed by atoms with Gasteiger partial charge in [0, 0.05) is 48.3 Å². The number of benzene rings is 2. The van der Waals surface area contributed by atoms with Crippen molar-refractivity contribution in [3.63, 3.8) is 0 Å². The fourth-order valence-corrected chi connectivity index (χ4v) is 6.03. The first-order chi connectivity index (χ1) is 17.5. The molecule has 0 bridgehead atoms. The van der Waals surface area contributed by atoms with Crippen molar-refractivity contribution in [3.05, 3.63) is 69.2 Å². The number of carbonyl (C=O) groups is 2. The Morgan fingerprint density at radius 3 is 2.65 bits per heavy atom. The summed E-state index contributed by atoms with van der Waals surface area (Å²) in [5.74, 6) is -0.489. The number of sulfone groups is 1. The maximum atomic E-state index is 13.0. The molecule has 2 aromatic rings. The van der Waals surface area contributed by atoms with Crippen LogP contribution in [0.3, 0.4) is 0 Å². The first kappa shape index (κ1) is 29.0. The number of nitrogens with zero attached hydrogens (tertiary/aromatic N) is 2. The number of rotatable bonds is 9. The summed E-state index contributed by atoms with van der Waals surface area (Å²) in [7, 11) is -1.91. The molecular weight excluding hydrogens is 537 g/mol. The Labute approximate surface area is 227 Å². The summed E-state index contributed by atoms with van der Waals surface area (Å²) in [4.78, 5) is 28.0. The summed E-state index contributed by atoms with van der Waals surface area (Å²) in [6.07, 6.45) is 2.34. The number of hydrogen-bond acceptors (Lipinski definition) is 5. The van der Waals surface area contributed by atoms with Gasteiger partial charge >= 0.3 is 6.09 Å². The van der Waals surface area contributed by atoms with E-state index in [0.717, 1.165) is 24.9 Å². The van der Waals surface area contributed by atoms with Crippen molar-refractivity contribution in [2.24, 2.45) is 0 Å². The molecule has 0 saturated carbocycles. The summed E-state index contributed by atoms with van der Waals surface area (Å²) < 4.78 is 24.9. The fraction of sp³-hybridized carbons (Fsp3) is 0.385. The molecule has 37 heavy (non-hydrogen) atoms. The lowest BCUT2D eigenvalue weighted by Crippen LogP contribution is -2.47. The van der Waals surface area contributed by atoms with Gasteiger partial charge in [-0.1, -0.05) is 42.8 Å². The van der Waals surface area contributed by atoms with Gasteiger partial charge in [-0.3, -0.25) is 9.69 Å². The molecular formula is C26H31Cl2N3O5S. The van der Waals surface area contributed by atoms with Gasteiger partial charge in [0.25, 0.3) is 5.91 Å². The second-order valence-electron chi connectivity index (χ2n) is 8.99. The van der Waals surface area contributed by atoms with Crippen LogP contribution in [0.4, 0.5) is 4.79 Å². The van der Waals surface area contributed by atoms with Crippen LogP contribution in [0.25, 0.3) is 6.08 Å². The molecule has 200 valence electrons. The Kier molecular flexibility index (Phi) is 9.63. The molecule has 1 fully saturated rings. The van der Waals surface area contributed by atoms with E-state index in [0.29, 0.717) is 39.8 Å². The van der Waals surface area contributed by atoms with E-state index in [2.05, 4.69) is 16.8 Å². The predicted octanol–water partition coefficient (Wildman–Crippen LogP) is 4.93. The Hall–Kier alpha value is -2.59. The molecule has 0 radical (unpaired) electrons. The van der Waals surface area contributed by atoms with Crippen LogP contribution in [0.1, 0.15) is 46.8 Å². The highest BCUT2D eigenvalue weighted by atomic mass is 35.5. The second kappa shape index (κ2) is 12.3. The first-order valence-corrected chi connectivity index (χ1v) is 14.3. The summed E-state index contributed by atoms with van der Waals surface area (Å²) in [6.45, 7) is 7.28. The number of carboxylic acid groups (broad SMARTS) is 1. The molecule has 0 spiro atoms. The molecule has 0 aliphatic carbocycles. The third-order valence-corrected chi connectivity index (χ3v) is 9.00. The molecule has 1 saturated heterocycles. The quantitative estimate of drug-likeness (QED) is 0.444. The third-order valence-electron chi connectivity index (χ3n) is 6.60. The van der Waals surface area contributed by atoms with Crippen LogP contribution in [0.5, 0.6) is 0 Å². The SMILES string of the molecule is C=Cc1cc(C(=O)NCc2cc(Cl)ccc2S(=O)(=O)CC)cc(Cl)c1CN1CCC[C@H](N(C)C(=O)O)C1. The summed E-state index contributed by atoms with van der Waals surface area (Å²) in [5.41, 5.74) is 2.22. The highest BCUT2D eigenvalue weighted by Gasteiger charge is 2.27. The maximum absolute atomic E-state index is 13.0.